The van der Waals surface area contributed by atoms with Crippen LogP contribution in [-0.4, -0.2) is 16.6 Å². The first-order valence-electron chi connectivity index (χ1n) is 1.65. The molecule has 0 aromatic rings. The highest BCUT2D eigenvalue weighted by molar-refractivity contribution is 8.19. The van der Waals surface area contributed by atoms with Crippen LogP contribution in [0.2, 0.25) is 0 Å². The maximum Gasteiger partial charge on any atom is 0.0392 e. The zero-order valence-corrected chi connectivity index (χ0v) is 4.57. The van der Waals surface area contributed by atoms with Crippen LogP contribution in [0.5, 0.6) is 0 Å². The maximum atomic E-state index is 2.04. The third kappa shape index (κ3) is 1.05. The molecule has 0 aliphatic carbocycles. The normalized spacial score (nSPS) is 24.0. The van der Waals surface area contributed by atoms with Gasteiger partial charge in [0, 0.05) is 16.6 Å². The van der Waals surface area contributed by atoms with Crippen molar-refractivity contribution in [3.63, 3.8) is 0 Å². The van der Waals surface area contributed by atoms with Gasteiger partial charge in [0.25, 0.3) is 0 Å². The summed E-state index contributed by atoms with van der Waals surface area (Å²) in [5, 5.41) is 1.33. The van der Waals surface area contributed by atoms with Gasteiger partial charge in [0.1, 0.15) is 0 Å². The van der Waals surface area contributed by atoms with Gasteiger partial charge in [-0.1, -0.05) is 0 Å². The fourth-order valence-electron chi connectivity index (χ4n) is 0.295. The lowest BCUT2D eigenvalue weighted by Gasteiger charge is -1.68. The van der Waals surface area contributed by atoms with Crippen LogP contribution < -0.4 is 0 Å². The summed E-state index contributed by atoms with van der Waals surface area (Å²) in [5.74, 6) is 2.76. The molecule has 0 amide bonds. The van der Waals surface area contributed by atoms with Crippen LogP contribution in [0.1, 0.15) is 0 Å². The van der Waals surface area contributed by atoms with Gasteiger partial charge in [-0.15, -0.1) is 0 Å². The van der Waals surface area contributed by atoms with E-state index >= 15 is 0 Å². The summed E-state index contributed by atoms with van der Waals surface area (Å²) in [4.78, 5) is 0. The molecule has 1 fully saturated rings. The lowest BCUT2D eigenvalue weighted by atomic mass is 11.0. The second-order valence-corrected chi connectivity index (χ2v) is 3.51. The topological polar surface area (TPSA) is 0 Å². The van der Waals surface area contributed by atoms with Crippen molar-refractivity contribution in [3.05, 3.63) is 0 Å². The first kappa shape index (κ1) is 3.88. The Morgan fingerprint density at radius 3 is 1.80 bits per heavy atom. The van der Waals surface area contributed by atoms with Crippen LogP contribution in [0.15, 0.2) is 0 Å². The Kier molecular flexibility index (Phi) is 1.53. The quantitative estimate of drug-likeness (QED) is 0.458. The third-order valence-electron chi connectivity index (χ3n) is 0.539. The SMILES string of the molecule is C1CSCS1. The molecule has 0 aromatic heterocycles. The zero-order valence-electron chi connectivity index (χ0n) is 2.94. The Morgan fingerprint density at radius 2 is 1.60 bits per heavy atom. The lowest BCUT2D eigenvalue weighted by Crippen LogP contribution is -1.64. The molecule has 0 N–H and O–H groups in total. The molecular weight excluding hydrogens is 100 g/mol. The molecule has 1 aliphatic heterocycles. The zero-order chi connectivity index (χ0) is 3.54. The molecule has 0 unspecified atom stereocenters. The van der Waals surface area contributed by atoms with Crippen LogP contribution in [0.25, 0.3) is 0 Å². The van der Waals surface area contributed by atoms with Crippen molar-refractivity contribution in [1.82, 2.24) is 0 Å². The largest absolute Gasteiger partial charge is 0.150 e. The molecule has 0 aromatic carbocycles. The second-order valence-electron chi connectivity index (χ2n) is 0.934. The van der Waals surface area contributed by atoms with E-state index in [2.05, 4.69) is 0 Å². The predicted octanol–water partition coefficient (Wildman–Crippen LogP) is 1.42. The Bertz CT molecular complexity index is 16.5. The van der Waals surface area contributed by atoms with Crippen LogP contribution in [0, 0.1) is 0 Å². The number of hydrogen-bond donors (Lipinski definition) is 0. The molecule has 2 heteroatoms. The van der Waals surface area contributed by atoms with Gasteiger partial charge in [-0.2, -0.15) is 23.5 Å². The van der Waals surface area contributed by atoms with Crippen molar-refractivity contribution in [1.29, 1.82) is 0 Å². The number of hydrogen-bond acceptors (Lipinski definition) is 2. The summed E-state index contributed by atoms with van der Waals surface area (Å²) >= 11 is 4.07. The van der Waals surface area contributed by atoms with Crippen LogP contribution in [0.4, 0.5) is 0 Å². The molecule has 0 saturated carbocycles. The van der Waals surface area contributed by atoms with Crippen LogP contribution >= 0.6 is 23.5 Å². The number of rotatable bonds is 0. The van der Waals surface area contributed by atoms with Crippen molar-refractivity contribution in [2.24, 2.45) is 0 Å². The van der Waals surface area contributed by atoms with Gasteiger partial charge in [-0.25, -0.2) is 0 Å². The molecule has 1 rings (SSSR count). The number of thioether (sulfide) groups is 2. The van der Waals surface area contributed by atoms with Gasteiger partial charge in [0.2, 0.25) is 0 Å². The predicted molar refractivity (Wildman–Crippen MR) is 29.8 cm³/mol. The van der Waals surface area contributed by atoms with Gasteiger partial charge < -0.3 is 0 Å². The highest BCUT2D eigenvalue weighted by Gasteiger charge is 1.95. The van der Waals surface area contributed by atoms with Crippen molar-refractivity contribution in [2.75, 3.05) is 16.6 Å². The molecular formula is C3H6S2. The Morgan fingerprint density at radius 1 is 1.00 bits per heavy atom. The van der Waals surface area contributed by atoms with Crippen molar-refractivity contribution >= 4 is 23.5 Å². The summed E-state index contributed by atoms with van der Waals surface area (Å²) in [6.45, 7) is 0. The van der Waals surface area contributed by atoms with Crippen LogP contribution in [0.3, 0.4) is 0 Å². The average molecular weight is 106 g/mol. The van der Waals surface area contributed by atoms with E-state index in [9.17, 15) is 0 Å². The molecule has 1 heterocycles. The highest BCUT2D eigenvalue weighted by atomic mass is 32.2. The first-order chi connectivity index (χ1) is 2.50. The summed E-state index contributed by atoms with van der Waals surface area (Å²) < 4.78 is 0. The van der Waals surface area contributed by atoms with E-state index in [0.29, 0.717) is 0 Å². The minimum Gasteiger partial charge on any atom is -0.150 e. The van der Waals surface area contributed by atoms with E-state index in [-0.39, 0.29) is 0 Å². The molecule has 0 radical (unpaired) electrons. The monoisotopic (exact) mass is 106 g/mol. The fraction of sp³-hybridized carbons (Fsp3) is 1.00. The summed E-state index contributed by atoms with van der Waals surface area (Å²) in [7, 11) is 0. The third-order valence-corrected chi connectivity index (χ3v) is 3.12. The first-order valence-corrected chi connectivity index (χ1v) is 3.96. The average Bonchev–Trinajstić information content (AvgIpc) is 1.76. The minimum atomic E-state index is 1.33. The van der Waals surface area contributed by atoms with Crippen LogP contribution in [-0.2, 0) is 0 Å². The van der Waals surface area contributed by atoms with E-state index in [4.69, 9.17) is 0 Å². The molecule has 1 aliphatic rings. The van der Waals surface area contributed by atoms with Gasteiger partial charge in [-0.05, 0) is 0 Å². The summed E-state index contributed by atoms with van der Waals surface area (Å²) in [6.07, 6.45) is 0. The van der Waals surface area contributed by atoms with Crippen molar-refractivity contribution in [3.8, 4) is 0 Å². The van der Waals surface area contributed by atoms with Gasteiger partial charge in [-0.3, -0.25) is 0 Å². The van der Waals surface area contributed by atoms with Crippen molar-refractivity contribution in [2.45, 2.75) is 0 Å². The molecule has 0 bridgehead atoms. The maximum absolute atomic E-state index is 2.04. The van der Waals surface area contributed by atoms with Gasteiger partial charge >= 0.3 is 0 Å². The highest BCUT2D eigenvalue weighted by Crippen LogP contribution is 2.20. The molecule has 0 spiro atoms. The van der Waals surface area contributed by atoms with E-state index < -0.39 is 0 Å². The van der Waals surface area contributed by atoms with E-state index in [0.717, 1.165) is 0 Å². The second kappa shape index (κ2) is 1.98. The molecule has 30 valence electrons. The molecule has 0 atom stereocenters. The Balaban J connectivity index is 2.08. The fourth-order valence-corrected chi connectivity index (χ4v) is 2.65. The lowest BCUT2D eigenvalue weighted by molar-refractivity contribution is 1.59. The molecule has 1 saturated heterocycles. The Hall–Kier alpha value is 0.700. The van der Waals surface area contributed by atoms with Crippen molar-refractivity contribution < 1.29 is 0 Å². The molecule has 5 heavy (non-hydrogen) atoms. The van der Waals surface area contributed by atoms with E-state index in [1.165, 1.54) is 16.6 Å². The molecule has 0 nitrogen and oxygen atoms in total. The smallest absolute Gasteiger partial charge is 0.0392 e. The van der Waals surface area contributed by atoms with E-state index in [1.807, 2.05) is 23.5 Å². The standard InChI is InChI=1S/C3H6S2/c1-2-5-3-4-1/h1-3H2. The summed E-state index contributed by atoms with van der Waals surface area (Å²) in [6, 6.07) is 0. The van der Waals surface area contributed by atoms with Gasteiger partial charge in [0.15, 0.2) is 0 Å². The summed E-state index contributed by atoms with van der Waals surface area (Å²) in [5.41, 5.74) is 0. The van der Waals surface area contributed by atoms with Gasteiger partial charge in [0.05, 0.1) is 0 Å². The Labute approximate surface area is 40.7 Å². The minimum absolute atomic E-state index is 1.33. The van der Waals surface area contributed by atoms with E-state index in [1.54, 1.807) is 0 Å².